The maximum Gasteiger partial charge on any atom is 0.342 e. The second-order valence-electron chi connectivity index (χ2n) is 2.10. The Balaban J connectivity index is 2.59. The number of alkyl halides is 2. The summed E-state index contributed by atoms with van der Waals surface area (Å²) in [4.78, 5) is 18.5. The van der Waals surface area contributed by atoms with Gasteiger partial charge in [-0.25, -0.2) is 14.8 Å². The fourth-order valence-corrected chi connectivity index (χ4v) is 0.764. The third-order valence-corrected chi connectivity index (χ3v) is 1.83. The van der Waals surface area contributed by atoms with E-state index in [-0.39, 0.29) is 11.4 Å². The number of carbonyl (C=O) groups excluding carboxylic acids is 1. The van der Waals surface area contributed by atoms with Crippen molar-refractivity contribution < 1.29 is 9.53 Å². The molecule has 1 aromatic rings. The molecule has 1 atom stereocenters. The molecule has 0 saturated heterocycles. The Morgan fingerprint density at radius 1 is 1.54 bits per heavy atom. The van der Waals surface area contributed by atoms with Crippen LogP contribution in [0.25, 0.3) is 0 Å². The molecule has 0 fully saturated rings. The number of esters is 1. The van der Waals surface area contributed by atoms with Crippen LogP contribution in [0, 0.1) is 0 Å². The van der Waals surface area contributed by atoms with Crippen LogP contribution in [-0.4, -0.2) is 27.4 Å². The quantitative estimate of drug-likeness (QED) is 0.572. The van der Waals surface area contributed by atoms with Gasteiger partial charge in [0.15, 0.2) is 5.56 Å². The molecule has 0 aliphatic heterocycles. The number of aromatic nitrogens is 2. The van der Waals surface area contributed by atoms with Gasteiger partial charge in [-0.2, -0.15) is 0 Å². The van der Waals surface area contributed by atoms with Crippen molar-refractivity contribution in [2.45, 2.75) is 5.56 Å². The Hall–Kier alpha value is -0.870. The Bertz CT molecular complexity index is 281. The molecule has 0 aromatic carbocycles. The van der Waals surface area contributed by atoms with E-state index in [1.54, 1.807) is 0 Å². The minimum absolute atomic E-state index is 0.0426. The van der Waals surface area contributed by atoms with Gasteiger partial charge in [-0.05, 0) is 0 Å². The SMILES string of the molecule is O=C(OC(Cl)CCl)c1cncnc1. The van der Waals surface area contributed by atoms with Crippen LogP contribution in [0.4, 0.5) is 0 Å². The Morgan fingerprint density at radius 2 is 2.15 bits per heavy atom. The first-order valence-electron chi connectivity index (χ1n) is 3.40. The van der Waals surface area contributed by atoms with Crippen LogP contribution >= 0.6 is 23.2 Å². The van der Waals surface area contributed by atoms with Gasteiger partial charge in [0, 0.05) is 12.4 Å². The van der Waals surface area contributed by atoms with E-state index in [1.807, 2.05) is 0 Å². The molecule has 13 heavy (non-hydrogen) atoms. The van der Waals surface area contributed by atoms with Crippen LogP contribution in [0.3, 0.4) is 0 Å². The zero-order valence-electron chi connectivity index (χ0n) is 6.48. The predicted octanol–water partition coefficient (Wildman–Crippen LogP) is 1.44. The summed E-state index contributed by atoms with van der Waals surface area (Å²) in [7, 11) is 0. The van der Waals surface area contributed by atoms with Crippen molar-refractivity contribution in [1.29, 1.82) is 0 Å². The minimum Gasteiger partial charge on any atom is -0.441 e. The van der Waals surface area contributed by atoms with Crippen LogP contribution in [0.1, 0.15) is 10.4 Å². The Kier molecular flexibility index (Phi) is 3.92. The van der Waals surface area contributed by atoms with Gasteiger partial charge in [0.1, 0.15) is 6.33 Å². The summed E-state index contributed by atoms with van der Waals surface area (Å²) in [6.07, 6.45) is 4.00. The lowest BCUT2D eigenvalue weighted by Crippen LogP contribution is -2.14. The van der Waals surface area contributed by atoms with E-state index in [2.05, 4.69) is 9.97 Å². The molecule has 1 aromatic heterocycles. The summed E-state index contributed by atoms with van der Waals surface area (Å²) in [5.74, 6) is -0.540. The maximum atomic E-state index is 11.2. The zero-order chi connectivity index (χ0) is 9.68. The van der Waals surface area contributed by atoms with Gasteiger partial charge >= 0.3 is 5.97 Å². The van der Waals surface area contributed by atoms with E-state index in [0.29, 0.717) is 0 Å². The number of rotatable bonds is 3. The average molecular weight is 221 g/mol. The summed E-state index contributed by atoms with van der Waals surface area (Å²) in [6.45, 7) is 0. The van der Waals surface area contributed by atoms with E-state index < -0.39 is 11.5 Å². The highest BCUT2D eigenvalue weighted by Gasteiger charge is 2.12. The van der Waals surface area contributed by atoms with Gasteiger partial charge in [-0.15, -0.1) is 11.6 Å². The van der Waals surface area contributed by atoms with E-state index >= 15 is 0 Å². The Labute approximate surface area is 84.8 Å². The van der Waals surface area contributed by atoms with Gasteiger partial charge in [0.25, 0.3) is 0 Å². The molecule has 0 radical (unpaired) electrons. The average Bonchev–Trinajstić information content (AvgIpc) is 2.19. The highest BCUT2D eigenvalue weighted by atomic mass is 35.5. The van der Waals surface area contributed by atoms with E-state index in [4.69, 9.17) is 27.9 Å². The fourth-order valence-electron chi connectivity index (χ4n) is 0.620. The minimum atomic E-state index is -0.825. The smallest absolute Gasteiger partial charge is 0.342 e. The van der Waals surface area contributed by atoms with Crippen molar-refractivity contribution in [3.05, 3.63) is 24.3 Å². The first-order chi connectivity index (χ1) is 6.24. The van der Waals surface area contributed by atoms with Crippen molar-refractivity contribution in [3.63, 3.8) is 0 Å². The van der Waals surface area contributed by atoms with Gasteiger partial charge in [-0.3, -0.25) is 0 Å². The Morgan fingerprint density at radius 3 is 2.69 bits per heavy atom. The maximum absolute atomic E-state index is 11.2. The summed E-state index contributed by atoms with van der Waals surface area (Å²) >= 11 is 10.8. The van der Waals surface area contributed by atoms with E-state index in [9.17, 15) is 4.79 Å². The lowest BCUT2D eigenvalue weighted by molar-refractivity contribution is 0.0475. The molecule has 6 heteroatoms. The van der Waals surface area contributed by atoms with Crippen LogP contribution < -0.4 is 0 Å². The molecule has 0 saturated carbocycles. The normalized spacial score (nSPS) is 12.2. The number of hydrogen-bond donors (Lipinski definition) is 0. The highest BCUT2D eigenvalue weighted by molar-refractivity contribution is 6.27. The monoisotopic (exact) mass is 220 g/mol. The molecule has 0 aliphatic carbocycles. The molecule has 0 N–H and O–H groups in total. The van der Waals surface area contributed by atoms with Crippen molar-refractivity contribution >= 4 is 29.2 Å². The zero-order valence-corrected chi connectivity index (χ0v) is 8.00. The number of ether oxygens (including phenoxy) is 1. The summed E-state index contributed by atoms with van der Waals surface area (Å²) in [5.41, 5.74) is -0.576. The largest absolute Gasteiger partial charge is 0.441 e. The molecular formula is C7H6Cl2N2O2. The summed E-state index contributed by atoms with van der Waals surface area (Å²) in [5, 5.41) is 0. The fraction of sp³-hybridized carbons (Fsp3) is 0.286. The second kappa shape index (κ2) is 4.99. The lowest BCUT2D eigenvalue weighted by atomic mass is 10.3. The van der Waals surface area contributed by atoms with Crippen LogP contribution in [0.2, 0.25) is 0 Å². The number of nitrogens with zero attached hydrogens (tertiary/aromatic N) is 2. The van der Waals surface area contributed by atoms with Crippen LogP contribution in [0.5, 0.6) is 0 Å². The highest BCUT2D eigenvalue weighted by Crippen LogP contribution is 2.05. The van der Waals surface area contributed by atoms with Crippen molar-refractivity contribution in [3.8, 4) is 0 Å². The van der Waals surface area contributed by atoms with Gasteiger partial charge in [0.2, 0.25) is 0 Å². The van der Waals surface area contributed by atoms with Crippen LogP contribution in [0.15, 0.2) is 18.7 Å². The molecular weight excluding hydrogens is 215 g/mol. The molecule has 4 nitrogen and oxygen atoms in total. The van der Waals surface area contributed by atoms with Gasteiger partial charge < -0.3 is 4.74 Å². The van der Waals surface area contributed by atoms with Crippen molar-refractivity contribution in [2.75, 3.05) is 5.88 Å². The number of hydrogen-bond acceptors (Lipinski definition) is 4. The van der Waals surface area contributed by atoms with Crippen molar-refractivity contribution in [2.24, 2.45) is 0 Å². The molecule has 0 aliphatic rings. The molecule has 0 bridgehead atoms. The molecule has 0 amide bonds. The van der Waals surface area contributed by atoms with E-state index in [0.717, 1.165) is 0 Å². The standard InChI is InChI=1S/C7H6Cl2N2O2/c8-1-6(9)13-7(12)5-2-10-4-11-3-5/h2-4,6H,1H2. The van der Waals surface area contributed by atoms with Gasteiger partial charge in [0.05, 0.1) is 11.4 Å². The third kappa shape index (κ3) is 3.16. The molecule has 0 spiro atoms. The third-order valence-electron chi connectivity index (χ3n) is 1.15. The lowest BCUT2D eigenvalue weighted by Gasteiger charge is -2.06. The van der Waals surface area contributed by atoms with E-state index in [1.165, 1.54) is 18.7 Å². The first kappa shape index (κ1) is 10.2. The summed E-state index contributed by atoms with van der Waals surface area (Å²) in [6, 6.07) is 0. The first-order valence-corrected chi connectivity index (χ1v) is 4.37. The molecule has 1 unspecified atom stereocenters. The number of carbonyl (C=O) groups is 1. The molecule has 1 rings (SSSR count). The predicted molar refractivity (Wildman–Crippen MR) is 47.8 cm³/mol. The number of halogens is 2. The second-order valence-corrected chi connectivity index (χ2v) is 2.89. The topological polar surface area (TPSA) is 52.1 Å². The summed E-state index contributed by atoms with van der Waals surface area (Å²) < 4.78 is 4.70. The molecule has 70 valence electrons. The van der Waals surface area contributed by atoms with Crippen molar-refractivity contribution in [1.82, 2.24) is 9.97 Å². The van der Waals surface area contributed by atoms with Gasteiger partial charge in [-0.1, -0.05) is 11.6 Å². The molecule has 1 heterocycles. The van der Waals surface area contributed by atoms with Crippen LogP contribution in [-0.2, 0) is 4.74 Å².